The van der Waals surface area contributed by atoms with Crippen molar-refractivity contribution in [3.8, 4) is 0 Å². The third-order valence-electron chi connectivity index (χ3n) is 2.80. The molecule has 0 aliphatic carbocycles. The average molecular weight is 280 g/mol. The van der Waals surface area contributed by atoms with E-state index in [0.717, 1.165) is 19.3 Å². The van der Waals surface area contributed by atoms with E-state index in [1.807, 2.05) is 11.4 Å². The predicted octanol–water partition coefficient (Wildman–Crippen LogP) is 3.64. The Labute approximate surface area is 109 Å². The van der Waals surface area contributed by atoms with Crippen molar-refractivity contribution in [2.24, 2.45) is 5.84 Å². The summed E-state index contributed by atoms with van der Waals surface area (Å²) in [5.41, 5.74) is 2.60. The topological polar surface area (TPSA) is 38.0 Å². The van der Waals surface area contributed by atoms with Gasteiger partial charge in [-0.25, -0.2) is 0 Å². The molecule has 1 aromatic rings. The first-order chi connectivity index (χ1) is 8.51. The number of hydrogen-bond donors (Lipinski definition) is 2. The Hall–Kier alpha value is -0.590. The zero-order valence-electron chi connectivity index (χ0n) is 10.2. The molecule has 0 fully saturated rings. The number of nitrogens with one attached hydrogen (secondary N) is 1. The molecule has 1 aromatic heterocycles. The fraction of sp³-hybridized carbons (Fsp3) is 0.667. The number of halogens is 3. The van der Waals surface area contributed by atoms with Gasteiger partial charge >= 0.3 is 6.18 Å². The monoisotopic (exact) mass is 280 g/mol. The minimum Gasteiger partial charge on any atom is -0.271 e. The molecule has 0 aliphatic rings. The van der Waals surface area contributed by atoms with E-state index >= 15 is 0 Å². The van der Waals surface area contributed by atoms with E-state index in [4.69, 9.17) is 5.84 Å². The number of hydrogen-bond acceptors (Lipinski definition) is 3. The Kier molecular flexibility index (Phi) is 6.67. The first-order valence-corrected chi connectivity index (χ1v) is 6.94. The number of aryl methyl sites for hydroxylation is 1. The summed E-state index contributed by atoms with van der Waals surface area (Å²) < 4.78 is 36.0. The highest BCUT2D eigenvalue weighted by Gasteiger charge is 2.26. The van der Waals surface area contributed by atoms with E-state index in [9.17, 15) is 13.2 Å². The summed E-state index contributed by atoms with van der Waals surface area (Å²) >= 11 is 1.70. The second kappa shape index (κ2) is 7.76. The highest BCUT2D eigenvalue weighted by molar-refractivity contribution is 7.09. The summed E-state index contributed by atoms with van der Waals surface area (Å²) in [6.07, 6.45) is -1.45. The molecule has 0 bridgehead atoms. The van der Waals surface area contributed by atoms with Gasteiger partial charge in [-0.1, -0.05) is 6.07 Å². The summed E-state index contributed by atoms with van der Waals surface area (Å²) in [5, 5.41) is 2.03. The molecule has 0 saturated heterocycles. The van der Waals surface area contributed by atoms with Crippen molar-refractivity contribution in [2.75, 3.05) is 0 Å². The normalized spacial score (nSPS) is 13.8. The number of thiophene rings is 1. The van der Waals surface area contributed by atoms with E-state index < -0.39 is 12.6 Å². The Bertz CT molecular complexity index is 312. The van der Waals surface area contributed by atoms with E-state index in [1.165, 1.54) is 4.88 Å². The van der Waals surface area contributed by atoms with E-state index in [1.54, 1.807) is 11.3 Å². The molecule has 1 heterocycles. The lowest BCUT2D eigenvalue weighted by molar-refractivity contribution is -0.135. The third-order valence-corrected chi connectivity index (χ3v) is 3.74. The molecular weight excluding hydrogens is 261 g/mol. The second-order valence-electron chi connectivity index (χ2n) is 4.34. The maximum absolute atomic E-state index is 12.0. The molecule has 3 N–H and O–H groups in total. The van der Waals surface area contributed by atoms with Gasteiger partial charge in [-0.05, 0) is 43.6 Å². The molecule has 1 atom stereocenters. The van der Waals surface area contributed by atoms with E-state index in [0.29, 0.717) is 6.42 Å². The first-order valence-electron chi connectivity index (χ1n) is 6.06. The lowest BCUT2D eigenvalue weighted by Crippen LogP contribution is -2.35. The molecule has 1 unspecified atom stereocenters. The van der Waals surface area contributed by atoms with Crippen molar-refractivity contribution < 1.29 is 13.2 Å². The van der Waals surface area contributed by atoms with Crippen LogP contribution in [0.5, 0.6) is 0 Å². The number of rotatable bonds is 8. The van der Waals surface area contributed by atoms with Gasteiger partial charge in [0, 0.05) is 17.3 Å². The average Bonchev–Trinajstić information content (AvgIpc) is 2.78. The largest absolute Gasteiger partial charge is 0.389 e. The zero-order valence-corrected chi connectivity index (χ0v) is 11.0. The van der Waals surface area contributed by atoms with Crippen molar-refractivity contribution in [3.05, 3.63) is 22.4 Å². The number of hydrazine groups is 1. The van der Waals surface area contributed by atoms with Gasteiger partial charge in [-0.2, -0.15) is 13.2 Å². The van der Waals surface area contributed by atoms with Crippen LogP contribution >= 0.6 is 11.3 Å². The van der Waals surface area contributed by atoms with Gasteiger partial charge < -0.3 is 0 Å². The van der Waals surface area contributed by atoms with Crippen LogP contribution in [0.1, 0.15) is 37.0 Å². The van der Waals surface area contributed by atoms with Crippen LogP contribution in [0.4, 0.5) is 13.2 Å². The van der Waals surface area contributed by atoms with Crippen molar-refractivity contribution in [1.82, 2.24) is 5.43 Å². The van der Waals surface area contributed by atoms with Crippen LogP contribution < -0.4 is 11.3 Å². The van der Waals surface area contributed by atoms with Gasteiger partial charge in [0.2, 0.25) is 0 Å². The molecule has 0 saturated carbocycles. The Morgan fingerprint density at radius 2 is 2.00 bits per heavy atom. The van der Waals surface area contributed by atoms with Crippen molar-refractivity contribution in [1.29, 1.82) is 0 Å². The van der Waals surface area contributed by atoms with Crippen LogP contribution in [0.15, 0.2) is 17.5 Å². The van der Waals surface area contributed by atoms with Crippen LogP contribution in [0.3, 0.4) is 0 Å². The molecule has 1 rings (SSSR count). The summed E-state index contributed by atoms with van der Waals surface area (Å²) in [6, 6.07) is 4.05. The van der Waals surface area contributed by atoms with Crippen molar-refractivity contribution in [2.45, 2.75) is 50.7 Å². The van der Waals surface area contributed by atoms with Gasteiger partial charge in [0.25, 0.3) is 0 Å². The molecule has 6 heteroatoms. The Morgan fingerprint density at radius 1 is 1.28 bits per heavy atom. The zero-order chi connectivity index (χ0) is 13.4. The quantitative estimate of drug-likeness (QED) is 0.563. The van der Waals surface area contributed by atoms with Crippen molar-refractivity contribution in [3.63, 3.8) is 0 Å². The molecule has 0 spiro atoms. The predicted molar refractivity (Wildman–Crippen MR) is 68.3 cm³/mol. The lowest BCUT2D eigenvalue weighted by Gasteiger charge is -2.16. The maximum Gasteiger partial charge on any atom is 0.389 e. The molecule has 0 aliphatic heterocycles. The highest BCUT2D eigenvalue weighted by Crippen LogP contribution is 2.23. The number of nitrogens with two attached hydrogens (primary N) is 1. The van der Waals surface area contributed by atoms with E-state index in [-0.39, 0.29) is 12.5 Å². The number of alkyl halides is 3. The second-order valence-corrected chi connectivity index (χ2v) is 5.37. The highest BCUT2D eigenvalue weighted by atomic mass is 32.1. The summed E-state index contributed by atoms with van der Waals surface area (Å²) in [5.74, 6) is 5.35. The Balaban J connectivity index is 2.13. The maximum atomic E-state index is 12.0. The first kappa shape index (κ1) is 15.5. The minimum atomic E-state index is -4.06. The van der Waals surface area contributed by atoms with Crippen LogP contribution in [-0.4, -0.2) is 12.2 Å². The van der Waals surface area contributed by atoms with Crippen LogP contribution in [0, 0.1) is 0 Å². The van der Waals surface area contributed by atoms with Gasteiger partial charge in [0.15, 0.2) is 0 Å². The fourth-order valence-electron chi connectivity index (χ4n) is 1.84. The standard InChI is InChI=1S/C12H19F3N2S/c13-12(14,15)8-2-5-10(17-16)4-1-6-11-7-3-9-18-11/h3,7,9-10,17H,1-2,4-6,8,16H2. The van der Waals surface area contributed by atoms with Crippen LogP contribution in [0.25, 0.3) is 0 Å². The van der Waals surface area contributed by atoms with Gasteiger partial charge in [0.05, 0.1) is 0 Å². The van der Waals surface area contributed by atoms with Crippen molar-refractivity contribution >= 4 is 11.3 Å². The van der Waals surface area contributed by atoms with Crippen LogP contribution in [-0.2, 0) is 6.42 Å². The summed E-state index contributed by atoms with van der Waals surface area (Å²) in [7, 11) is 0. The molecule has 104 valence electrons. The SMILES string of the molecule is NNC(CCCc1cccs1)CCCC(F)(F)F. The molecular formula is C12H19F3N2S. The van der Waals surface area contributed by atoms with Gasteiger partial charge in [-0.15, -0.1) is 11.3 Å². The molecule has 0 aromatic carbocycles. The third kappa shape index (κ3) is 6.98. The van der Waals surface area contributed by atoms with E-state index in [2.05, 4.69) is 11.5 Å². The Morgan fingerprint density at radius 3 is 2.56 bits per heavy atom. The minimum absolute atomic E-state index is 0.0210. The summed E-state index contributed by atoms with van der Waals surface area (Å²) in [4.78, 5) is 1.31. The smallest absolute Gasteiger partial charge is 0.271 e. The van der Waals surface area contributed by atoms with Gasteiger partial charge in [0.1, 0.15) is 0 Å². The summed E-state index contributed by atoms with van der Waals surface area (Å²) in [6.45, 7) is 0. The van der Waals surface area contributed by atoms with Gasteiger partial charge in [-0.3, -0.25) is 11.3 Å². The molecule has 0 amide bonds. The lowest BCUT2D eigenvalue weighted by atomic mass is 10.0. The fourth-order valence-corrected chi connectivity index (χ4v) is 2.59. The molecule has 2 nitrogen and oxygen atoms in total. The molecule has 18 heavy (non-hydrogen) atoms. The molecule has 0 radical (unpaired) electrons. The van der Waals surface area contributed by atoms with Crippen LogP contribution in [0.2, 0.25) is 0 Å².